The Morgan fingerprint density at radius 1 is 1.60 bits per heavy atom. The molecule has 0 aliphatic rings. The van der Waals surface area contributed by atoms with E-state index in [1.165, 1.54) is 18.8 Å². The van der Waals surface area contributed by atoms with E-state index in [-0.39, 0.29) is 22.1 Å². The molecule has 0 atom stereocenters. The van der Waals surface area contributed by atoms with Crippen molar-refractivity contribution in [1.29, 1.82) is 0 Å². The minimum Gasteiger partial charge on any atom is -0.235 e. The minimum atomic E-state index is -3.58. The van der Waals surface area contributed by atoms with Gasteiger partial charge in [0.1, 0.15) is 0 Å². The first-order chi connectivity index (χ1) is 6.91. The van der Waals surface area contributed by atoms with E-state index < -0.39 is 10.0 Å². The Morgan fingerprint density at radius 2 is 2.20 bits per heavy atom. The smallest absolute Gasteiger partial charge is 0.235 e. The van der Waals surface area contributed by atoms with Gasteiger partial charge in [0, 0.05) is 26.5 Å². The van der Waals surface area contributed by atoms with Crippen LogP contribution < -0.4 is 0 Å². The van der Waals surface area contributed by atoms with Gasteiger partial charge in [-0.15, -0.1) is 16.7 Å². The summed E-state index contributed by atoms with van der Waals surface area (Å²) in [6.07, 6.45) is 0. The van der Waals surface area contributed by atoms with E-state index >= 15 is 0 Å². The van der Waals surface area contributed by atoms with Crippen LogP contribution in [-0.4, -0.2) is 47.2 Å². The third kappa shape index (κ3) is 2.49. The third-order valence-electron chi connectivity index (χ3n) is 1.79. The number of hydrogen-bond acceptors (Lipinski definition) is 4. The van der Waals surface area contributed by atoms with Crippen LogP contribution in [0.2, 0.25) is 0 Å². The number of aryl methyl sites for hydroxylation is 1. The highest BCUT2D eigenvalue weighted by Crippen LogP contribution is 2.20. The summed E-state index contributed by atoms with van der Waals surface area (Å²) in [5.41, 5.74) is 0. The van der Waals surface area contributed by atoms with Gasteiger partial charge in [0.25, 0.3) is 10.0 Å². The van der Waals surface area contributed by atoms with Crippen molar-refractivity contribution in [1.82, 2.24) is 19.3 Å². The molecule has 0 aliphatic heterocycles. The summed E-state index contributed by atoms with van der Waals surface area (Å²) < 4.78 is 26.5. The van der Waals surface area contributed by atoms with Crippen molar-refractivity contribution < 1.29 is 8.42 Å². The summed E-state index contributed by atoms with van der Waals surface area (Å²) in [6.45, 7) is 0.238. The van der Waals surface area contributed by atoms with Gasteiger partial charge >= 0.3 is 0 Å². The van der Waals surface area contributed by atoms with E-state index in [1.54, 1.807) is 0 Å². The second-order valence-corrected chi connectivity index (χ2v) is 5.91. The number of aromatic nitrogens is 3. The number of alkyl halides is 1. The zero-order chi connectivity index (χ0) is 11.6. The first kappa shape index (κ1) is 12.9. The molecule has 0 fully saturated rings. The van der Waals surface area contributed by atoms with E-state index in [0.29, 0.717) is 0 Å². The summed E-state index contributed by atoms with van der Waals surface area (Å²) >= 11 is 8.53. The molecule has 15 heavy (non-hydrogen) atoms. The molecule has 6 nitrogen and oxygen atoms in total. The van der Waals surface area contributed by atoms with E-state index in [2.05, 4.69) is 26.2 Å². The lowest BCUT2D eigenvalue weighted by Gasteiger charge is -2.15. The molecule has 0 N–H and O–H groups in total. The van der Waals surface area contributed by atoms with Crippen LogP contribution in [0.1, 0.15) is 0 Å². The van der Waals surface area contributed by atoms with Gasteiger partial charge in [0.2, 0.25) is 5.03 Å². The number of sulfonamides is 1. The summed E-state index contributed by atoms with van der Waals surface area (Å²) in [5, 5.41) is 7.24. The van der Waals surface area contributed by atoms with Gasteiger partial charge in [-0.05, 0) is 15.9 Å². The van der Waals surface area contributed by atoms with Crippen LogP contribution >= 0.6 is 27.5 Å². The van der Waals surface area contributed by atoms with Crippen molar-refractivity contribution in [3.8, 4) is 0 Å². The Hall–Kier alpha value is -0.180. The number of rotatable bonds is 4. The molecular weight excluding hydrogens is 308 g/mol. The molecule has 0 aliphatic carbocycles. The molecule has 0 saturated heterocycles. The monoisotopic (exact) mass is 316 g/mol. The molecule has 0 unspecified atom stereocenters. The summed E-state index contributed by atoms with van der Waals surface area (Å²) in [4.78, 5) is 0. The van der Waals surface area contributed by atoms with E-state index in [9.17, 15) is 8.42 Å². The van der Waals surface area contributed by atoms with Crippen LogP contribution in [0, 0.1) is 0 Å². The first-order valence-corrected chi connectivity index (χ1v) is 6.75. The highest BCUT2D eigenvalue weighted by atomic mass is 79.9. The molecule has 9 heteroatoms. The lowest BCUT2D eigenvalue weighted by Crippen LogP contribution is -2.30. The van der Waals surface area contributed by atoms with Crippen molar-refractivity contribution >= 4 is 37.6 Å². The van der Waals surface area contributed by atoms with Gasteiger partial charge in [0.15, 0.2) is 4.60 Å². The molecule has 1 aromatic rings. The maximum atomic E-state index is 12.0. The van der Waals surface area contributed by atoms with E-state index in [1.807, 2.05) is 0 Å². The SMILES string of the molecule is CN(CCCl)S(=O)(=O)c1c(Br)nnn1C. The highest BCUT2D eigenvalue weighted by molar-refractivity contribution is 9.10. The predicted octanol–water partition coefficient (Wildman–Crippen LogP) is 0.437. The van der Waals surface area contributed by atoms with Gasteiger partial charge in [-0.2, -0.15) is 4.31 Å². The Labute approximate surface area is 101 Å². The van der Waals surface area contributed by atoms with Gasteiger partial charge in [0.05, 0.1) is 0 Å². The first-order valence-electron chi connectivity index (χ1n) is 3.98. The van der Waals surface area contributed by atoms with Gasteiger partial charge in [-0.3, -0.25) is 0 Å². The van der Waals surface area contributed by atoms with Gasteiger partial charge in [-0.1, -0.05) is 5.21 Å². The van der Waals surface area contributed by atoms with Crippen molar-refractivity contribution in [2.45, 2.75) is 5.03 Å². The molecule has 0 radical (unpaired) electrons. The summed E-state index contributed by atoms with van der Waals surface area (Å²) in [7, 11) is -0.611. The zero-order valence-corrected chi connectivity index (χ0v) is 11.3. The molecule has 0 aromatic carbocycles. The van der Waals surface area contributed by atoms with Crippen LogP contribution in [0.3, 0.4) is 0 Å². The van der Waals surface area contributed by atoms with Gasteiger partial charge < -0.3 is 0 Å². The fraction of sp³-hybridized carbons (Fsp3) is 0.667. The maximum absolute atomic E-state index is 12.0. The molecule has 0 bridgehead atoms. The molecule has 1 heterocycles. The predicted molar refractivity (Wildman–Crippen MR) is 59.2 cm³/mol. The van der Waals surface area contributed by atoms with Crippen LogP contribution in [0.25, 0.3) is 0 Å². The topological polar surface area (TPSA) is 68.1 Å². The van der Waals surface area contributed by atoms with Crippen LogP contribution in [0.5, 0.6) is 0 Å². The van der Waals surface area contributed by atoms with E-state index in [0.717, 1.165) is 4.31 Å². The van der Waals surface area contributed by atoms with Crippen molar-refractivity contribution in [2.24, 2.45) is 7.05 Å². The Morgan fingerprint density at radius 3 is 2.60 bits per heavy atom. The molecule has 86 valence electrons. The Balaban J connectivity index is 3.17. The van der Waals surface area contributed by atoms with Crippen LogP contribution in [0.4, 0.5) is 0 Å². The fourth-order valence-electron chi connectivity index (χ4n) is 0.983. The van der Waals surface area contributed by atoms with Gasteiger partial charge in [-0.25, -0.2) is 13.1 Å². The molecular formula is C6H10BrClN4O2S. The van der Waals surface area contributed by atoms with E-state index in [4.69, 9.17) is 11.6 Å². The van der Waals surface area contributed by atoms with Crippen molar-refractivity contribution in [2.75, 3.05) is 19.5 Å². The number of hydrogen-bond donors (Lipinski definition) is 0. The fourth-order valence-corrected chi connectivity index (χ4v) is 3.53. The molecule has 0 saturated carbocycles. The lowest BCUT2D eigenvalue weighted by molar-refractivity contribution is 0.476. The van der Waals surface area contributed by atoms with Crippen LogP contribution in [0.15, 0.2) is 9.63 Å². The summed E-state index contributed by atoms with van der Waals surface area (Å²) in [5.74, 6) is 0.235. The number of nitrogens with zero attached hydrogens (tertiary/aromatic N) is 4. The molecule has 1 rings (SSSR count). The lowest BCUT2D eigenvalue weighted by atomic mass is 10.8. The van der Waals surface area contributed by atoms with Crippen LogP contribution in [-0.2, 0) is 17.1 Å². The second kappa shape index (κ2) is 4.77. The average Bonchev–Trinajstić information content (AvgIpc) is 2.46. The normalized spacial score (nSPS) is 12.3. The molecule has 0 spiro atoms. The summed E-state index contributed by atoms with van der Waals surface area (Å²) in [6, 6.07) is 0. The van der Waals surface area contributed by atoms with Crippen molar-refractivity contribution in [3.05, 3.63) is 4.60 Å². The number of halogens is 2. The largest absolute Gasteiger partial charge is 0.262 e. The third-order valence-corrected chi connectivity index (χ3v) is 4.71. The Bertz CT molecular complexity index is 426. The zero-order valence-electron chi connectivity index (χ0n) is 8.18. The highest BCUT2D eigenvalue weighted by Gasteiger charge is 2.27. The Kier molecular flexibility index (Phi) is 4.10. The van der Waals surface area contributed by atoms with Crippen molar-refractivity contribution in [3.63, 3.8) is 0 Å². The molecule has 0 amide bonds. The average molecular weight is 318 g/mol. The molecule has 1 aromatic heterocycles. The minimum absolute atomic E-state index is 0.0233. The standard InChI is InChI=1S/C6H10BrClN4O2S/c1-11(4-3-8)15(13,14)6-5(7)9-10-12(6)2/h3-4H2,1-2H3. The second-order valence-electron chi connectivity index (χ2n) is 2.82. The quantitative estimate of drug-likeness (QED) is 0.756. The maximum Gasteiger partial charge on any atom is 0.262 e.